The fourth-order valence-electron chi connectivity index (χ4n) is 4.87. The summed E-state index contributed by atoms with van der Waals surface area (Å²) in [4.78, 5) is 42.7. The van der Waals surface area contributed by atoms with Crippen LogP contribution in [0.5, 0.6) is 0 Å². The zero-order valence-corrected chi connectivity index (χ0v) is 19.9. The third-order valence-electron chi connectivity index (χ3n) is 6.83. The number of amides is 3. The topological polar surface area (TPSA) is 92.1 Å². The molecule has 1 N–H and O–H groups in total. The second kappa shape index (κ2) is 10.1. The zero-order chi connectivity index (χ0) is 26.0. The summed E-state index contributed by atoms with van der Waals surface area (Å²) in [7, 11) is 0. The molecule has 0 saturated carbocycles. The summed E-state index contributed by atoms with van der Waals surface area (Å²) in [5, 5.41) is 2.78. The van der Waals surface area contributed by atoms with Gasteiger partial charge in [0.2, 0.25) is 5.91 Å². The minimum Gasteiger partial charge on any atom is -0.467 e. The smallest absolute Gasteiger partial charge is 0.256 e. The van der Waals surface area contributed by atoms with Gasteiger partial charge in [0.05, 0.1) is 25.0 Å². The molecule has 3 aromatic rings. The Kier molecular flexibility index (Phi) is 6.75. The molecule has 1 aromatic heterocycles. The van der Waals surface area contributed by atoms with Crippen LogP contribution in [0.15, 0.2) is 71.3 Å². The van der Waals surface area contributed by atoms with Gasteiger partial charge in [-0.2, -0.15) is 0 Å². The van der Waals surface area contributed by atoms with Crippen molar-refractivity contribution in [2.24, 2.45) is 0 Å². The number of hydrogen-bond acceptors (Lipinski definition) is 5. The Bertz CT molecular complexity index is 1290. The van der Waals surface area contributed by atoms with Crippen LogP contribution >= 0.6 is 0 Å². The van der Waals surface area contributed by atoms with Crippen LogP contribution < -0.4 is 5.32 Å². The number of carbonyl (C=O) groups is 3. The normalized spacial score (nSPS) is 18.7. The molecular weight excluding hydrogens is 484 g/mol. The number of furan rings is 1. The largest absolute Gasteiger partial charge is 0.467 e. The van der Waals surface area contributed by atoms with Gasteiger partial charge in [0.25, 0.3) is 11.8 Å². The van der Waals surface area contributed by atoms with E-state index in [9.17, 15) is 23.2 Å². The molecule has 0 radical (unpaired) electrons. The quantitative estimate of drug-likeness (QED) is 0.570. The highest BCUT2D eigenvalue weighted by molar-refractivity contribution is 5.98. The van der Waals surface area contributed by atoms with Crippen molar-refractivity contribution >= 4 is 17.7 Å². The van der Waals surface area contributed by atoms with Crippen LogP contribution in [0.4, 0.5) is 8.78 Å². The first-order valence-electron chi connectivity index (χ1n) is 11.9. The van der Waals surface area contributed by atoms with Gasteiger partial charge in [-0.15, -0.1) is 0 Å². The van der Waals surface area contributed by atoms with Crippen LogP contribution in [0.3, 0.4) is 0 Å². The second-order valence-corrected chi connectivity index (χ2v) is 9.02. The lowest BCUT2D eigenvalue weighted by Crippen LogP contribution is -2.59. The van der Waals surface area contributed by atoms with E-state index >= 15 is 0 Å². The van der Waals surface area contributed by atoms with E-state index in [1.165, 1.54) is 58.5 Å². The van der Waals surface area contributed by atoms with Gasteiger partial charge in [-0.1, -0.05) is 12.1 Å². The number of nitrogens with one attached hydrogen (secondary N) is 1. The minimum atomic E-state index is -1.15. The molecule has 8 nitrogen and oxygen atoms in total. The Morgan fingerprint density at radius 3 is 2.35 bits per heavy atom. The minimum absolute atomic E-state index is 0.0276. The number of rotatable bonds is 5. The van der Waals surface area contributed by atoms with E-state index in [4.69, 9.17) is 9.15 Å². The van der Waals surface area contributed by atoms with Crippen molar-refractivity contribution in [3.63, 3.8) is 0 Å². The molecule has 37 heavy (non-hydrogen) atoms. The Morgan fingerprint density at radius 2 is 1.68 bits per heavy atom. The van der Waals surface area contributed by atoms with Crippen LogP contribution in [0, 0.1) is 11.6 Å². The van der Waals surface area contributed by atoms with Gasteiger partial charge in [-0.25, -0.2) is 8.78 Å². The molecule has 2 fully saturated rings. The van der Waals surface area contributed by atoms with Gasteiger partial charge in [-0.05, 0) is 48.5 Å². The van der Waals surface area contributed by atoms with E-state index in [-0.39, 0.29) is 50.2 Å². The van der Waals surface area contributed by atoms with Gasteiger partial charge in [0, 0.05) is 31.5 Å². The van der Waals surface area contributed by atoms with E-state index in [2.05, 4.69) is 5.32 Å². The van der Waals surface area contributed by atoms with Crippen LogP contribution in [0.2, 0.25) is 0 Å². The SMILES string of the molecule is O=C(NCc1ccco1)C1COC2(CCN(C(=O)c3ccccc3F)CC2)N1C(=O)c1ccc(F)cc1. The van der Waals surface area contributed by atoms with Crippen molar-refractivity contribution in [3.8, 4) is 0 Å². The van der Waals surface area contributed by atoms with Crippen LogP contribution in [-0.4, -0.2) is 59.0 Å². The van der Waals surface area contributed by atoms with Crippen LogP contribution in [0.25, 0.3) is 0 Å². The number of benzene rings is 2. The summed E-state index contributed by atoms with van der Waals surface area (Å²) in [6.07, 6.45) is 1.94. The highest BCUT2D eigenvalue weighted by Crippen LogP contribution is 2.39. The van der Waals surface area contributed by atoms with Crippen molar-refractivity contribution in [2.75, 3.05) is 19.7 Å². The number of nitrogens with zero attached hydrogens (tertiary/aromatic N) is 2. The number of halogens is 2. The third kappa shape index (κ3) is 4.84. The van der Waals surface area contributed by atoms with Crippen molar-refractivity contribution in [1.82, 2.24) is 15.1 Å². The monoisotopic (exact) mass is 509 g/mol. The lowest BCUT2D eigenvalue weighted by Gasteiger charge is -2.44. The molecule has 3 heterocycles. The van der Waals surface area contributed by atoms with E-state index in [1.807, 2.05) is 0 Å². The first-order valence-corrected chi connectivity index (χ1v) is 11.9. The molecule has 3 amide bonds. The molecule has 1 atom stereocenters. The van der Waals surface area contributed by atoms with Gasteiger partial charge in [-0.3, -0.25) is 19.3 Å². The molecule has 10 heteroatoms. The first-order chi connectivity index (χ1) is 17.9. The highest BCUT2D eigenvalue weighted by atomic mass is 19.1. The molecular formula is C27H25F2N3O5. The number of piperidine rings is 1. The fraction of sp³-hybridized carbons (Fsp3) is 0.296. The molecule has 0 aliphatic carbocycles. The van der Waals surface area contributed by atoms with Crippen molar-refractivity contribution in [2.45, 2.75) is 31.2 Å². The summed E-state index contributed by atoms with van der Waals surface area (Å²) in [5.41, 5.74) is -0.968. The molecule has 2 aliphatic rings. The average molecular weight is 510 g/mol. The maximum Gasteiger partial charge on any atom is 0.256 e. The summed E-state index contributed by atoms with van der Waals surface area (Å²) in [5.74, 6) is -1.89. The van der Waals surface area contributed by atoms with Crippen LogP contribution in [-0.2, 0) is 16.1 Å². The first kappa shape index (κ1) is 24.6. The summed E-state index contributed by atoms with van der Waals surface area (Å²) >= 11 is 0. The molecule has 1 spiro atoms. The molecule has 0 bridgehead atoms. The lowest BCUT2D eigenvalue weighted by atomic mass is 9.96. The lowest BCUT2D eigenvalue weighted by molar-refractivity contribution is -0.128. The van der Waals surface area contributed by atoms with E-state index in [0.717, 1.165) is 0 Å². The van der Waals surface area contributed by atoms with E-state index in [1.54, 1.807) is 18.2 Å². The molecule has 1 unspecified atom stereocenters. The summed E-state index contributed by atoms with van der Waals surface area (Å²) < 4.78 is 39.1. The Morgan fingerprint density at radius 1 is 0.946 bits per heavy atom. The molecule has 192 valence electrons. The van der Waals surface area contributed by atoms with Crippen molar-refractivity contribution < 1.29 is 32.3 Å². The van der Waals surface area contributed by atoms with Gasteiger partial charge < -0.3 is 19.4 Å². The predicted octanol–water partition coefficient (Wildman–Crippen LogP) is 3.35. The second-order valence-electron chi connectivity index (χ2n) is 9.02. The predicted molar refractivity (Wildman–Crippen MR) is 127 cm³/mol. The summed E-state index contributed by atoms with van der Waals surface area (Å²) in [6, 6.07) is 13.3. The Hall–Kier alpha value is -4.05. The Balaban J connectivity index is 1.37. The number of carbonyl (C=O) groups excluding carboxylic acids is 3. The third-order valence-corrected chi connectivity index (χ3v) is 6.83. The average Bonchev–Trinajstić information content (AvgIpc) is 3.56. The molecule has 5 rings (SSSR count). The van der Waals surface area contributed by atoms with Crippen LogP contribution in [0.1, 0.15) is 39.3 Å². The van der Waals surface area contributed by atoms with Gasteiger partial charge in [0.1, 0.15) is 29.2 Å². The maximum absolute atomic E-state index is 14.2. The number of ether oxygens (including phenoxy) is 1. The standard InChI is InChI=1S/C27H25F2N3O5/c28-19-9-7-18(8-10-19)25(34)32-23(24(33)30-16-20-4-3-15-36-20)17-37-27(32)11-13-31(14-12-27)26(35)21-5-1-2-6-22(21)29/h1-10,15,23H,11-14,16-17H2,(H,30,33). The molecule has 2 aromatic carbocycles. The maximum atomic E-state index is 14.2. The highest BCUT2D eigenvalue weighted by Gasteiger charge is 2.54. The zero-order valence-electron chi connectivity index (χ0n) is 19.9. The van der Waals surface area contributed by atoms with E-state index in [0.29, 0.717) is 5.76 Å². The number of likely N-dealkylation sites (tertiary alicyclic amines) is 1. The fourth-order valence-corrected chi connectivity index (χ4v) is 4.87. The molecule has 2 saturated heterocycles. The van der Waals surface area contributed by atoms with Crippen molar-refractivity contribution in [3.05, 3.63) is 95.4 Å². The van der Waals surface area contributed by atoms with Crippen molar-refractivity contribution in [1.29, 1.82) is 0 Å². The van der Waals surface area contributed by atoms with E-state index < -0.39 is 41.1 Å². The number of hydrogen-bond donors (Lipinski definition) is 1. The summed E-state index contributed by atoms with van der Waals surface area (Å²) in [6.45, 7) is 0.485. The Labute approximate surface area is 211 Å². The van der Waals surface area contributed by atoms with Gasteiger partial charge >= 0.3 is 0 Å². The van der Waals surface area contributed by atoms with Gasteiger partial charge in [0.15, 0.2) is 0 Å². The molecule has 2 aliphatic heterocycles.